The van der Waals surface area contributed by atoms with Crippen molar-refractivity contribution in [2.45, 2.75) is 38.9 Å². The zero-order valence-corrected chi connectivity index (χ0v) is 16.4. The summed E-state index contributed by atoms with van der Waals surface area (Å²) in [7, 11) is 0. The first kappa shape index (κ1) is 21.7. The molecule has 0 aliphatic heterocycles. The van der Waals surface area contributed by atoms with Crippen molar-refractivity contribution < 1.29 is 39.0 Å². The number of aliphatic hydroxyl groups is 4. The lowest BCUT2D eigenvalue weighted by atomic mass is 10.3. The summed E-state index contributed by atoms with van der Waals surface area (Å²) in [4.78, 5) is 0. The molecule has 3 rings (SSSR count). The van der Waals surface area contributed by atoms with Gasteiger partial charge >= 0.3 is 0 Å². The van der Waals surface area contributed by atoms with E-state index in [9.17, 15) is 0 Å². The highest BCUT2D eigenvalue weighted by molar-refractivity contribution is 5.31. The van der Waals surface area contributed by atoms with E-state index >= 15 is 0 Å². The predicted molar refractivity (Wildman–Crippen MR) is 105 cm³/mol. The third-order valence-corrected chi connectivity index (χ3v) is 4.22. The van der Waals surface area contributed by atoms with Gasteiger partial charge in [0.25, 0.3) is 0 Å². The number of pyridine rings is 2. The number of aromatic nitrogens is 2. The zero-order chi connectivity index (χ0) is 21.3. The lowest BCUT2D eigenvalue weighted by Crippen LogP contribution is -2.39. The van der Waals surface area contributed by atoms with E-state index in [0.29, 0.717) is 24.7 Å². The van der Waals surface area contributed by atoms with Crippen LogP contribution in [0.3, 0.4) is 0 Å². The first-order valence-corrected chi connectivity index (χ1v) is 9.52. The van der Waals surface area contributed by atoms with Crippen molar-refractivity contribution in [1.29, 1.82) is 0 Å². The van der Waals surface area contributed by atoms with Crippen molar-refractivity contribution >= 4 is 0 Å². The van der Waals surface area contributed by atoms with Crippen molar-refractivity contribution in [2.24, 2.45) is 0 Å². The molecule has 0 bridgehead atoms. The summed E-state index contributed by atoms with van der Waals surface area (Å²) in [5.41, 5.74) is 1.81. The summed E-state index contributed by atoms with van der Waals surface area (Å²) in [5.74, 6) is 1.38. The number of hydrogen-bond acceptors (Lipinski definition) is 6. The third-order valence-electron chi connectivity index (χ3n) is 4.22. The molecule has 0 spiro atoms. The second-order valence-corrected chi connectivity index (χ2v) is 6.83. The molecule has 0 atom stereocenters. The van der Waals surface area contributed by atoms with Crippen molar-refractivity contribution in [2.75, 3.05) is 0 Å². The van der Waals surface area contributed by atoms with Gasteiger partial charge in [0, 0.05) is 12.1 Å². The fraction of sp³-hybridized carbons (Fsp3) is 0.273. The molecule has 0 radical (unpaired) electrons. The van der Waals surface area contributed by atoms with Crippen molar-refractivity contribution in [3.63, 3.8) is 0 Å². The Balaban J connectivity index is 1.50. The van der Waals surface area contributed by atoms with Crippen LogP contribution in [0.5, 0.6) is 11.5 Å². The Morgan fingerprint density at radius 2 is 1.03 bits per heavy atom. The maximum atomic E-state index is 9.07. The van der Waals surface area contributed by atoms with E-state index in [0.717, 1.165) is 11.1 Å². The number of rotatable bonds is 10. The number of hydrogen-bond donors (Lipinski definition) is 4. The number of aliphatic hydroxyl groups excluding tert-OH is 2. The zero-order valence-electron chi connectivity index (χ0n) is 16.4. The molecule has 0 amide bonds. The van der Waals surface area contributed by atoms with Crippen LogP contribution in [0, 0.1) is 0 Å². The average molecular weight is 414 g/mol. The van der Waals surface area contributed by atoms with Gasteiger partial charge in [-0.05, 0) is 36.4 Å². The van der Waals surface area contributed by atoms with Gasteiger partial charge in [-0.15, -0.1) is 0 Å². The van der Waals surface area contributed by atoms with Gasteiger partial charge in [0.05, 0.1) is 11.1 Å². The maximum absolute atomic E-state index is 9.07. The molecule has 2 aromatic heterocycles. The Kier molecular flexibility index (Phi) is 7.69. The average Bonchev–Trinajstić information content (AvgIpc) is 2.71. The molecule has 2 heterocycles. The Labute approximate surface area is 174 Å². The number of benzene rings is 1. The van der Waals surface area contributed by atoms with E-state index in [1.54, 1.807) is 33.9 Å². The first-order valence-electron chi connectivity index (χ1n) is 9.52. The summed E-state index contributed by atoms with van der Waals surface area (Å²) in [6, 6.07) is 14.7. The van der Waals surface area contributed by atoms with Gasteiger partial charge < -0.3 is 29.9 Å². The van der Waals surface area contributed by atoms with Gasteiger partial charge in [-0.3, -0.25) is 0 Å². The molecule has 30 heavy (non-hydrogen) atoms. The molecule has 0 saturated carbocycles. The Hall–Kier alpha value is -3.04. The van der Waals surface area contributed by atoms with Crippen LogP contribution in [0.25, 0.3) is 0 Å². The minimum Gasteiger partial charge on any atom is -0.489 e. The van der Waals surface area contributed by atoms with Crippen LogP contribution in [0.4, 0.5) is 0 Å². The van der Waals surface area contributed by atoms with E-state index < -0.39 is 12.6 Å². The molecule has 0 aliphatic rings. The van der Waals surface area contributed by atoms with E-state index in [1.807, 2.05) is 48.5 Å². The molecule has 0 fully saturated rings. The fourth-order valence-electron chi connectivity index (χ4n) is 2.89. The maximum Gasteiger partial charge on any atom is 0.212 e. The molecule has 1 aromatic carbocycles. The largest absolute Gasteiger partial charge is 0.489 e. The van der Waals surface area contributed by atoms with Gasteiger partial charge in [-0.2, -0.15) is 9.13 Å². The molecule has 8 heteroatoms. The van der Waals surface area contributed by atoms with E-state index in [2.05, 4.69) is 0 Å². The lowest BCUT2D eigenvalue weighted by Gasteiger charge is -2.09. The minimum absolute atomic E-state index is 0.0991. The van der Waals surface area contributed by atoms with Crippen LogP contribution in [-0.4, -0.2) is 33.0 Å². The molecular weight excluding hydrogens is 388 g/mol. The van der Waals surface area contributed by atoms with Gasteiger partial charge in [0.1, 0.15) is 24.7 Å². The van der Waals surface area contributed by atoms with Gasteiger partial charge in [-0.1, -0.05) is 0 Å². The highest BCUT2D eigenvalue weighted by atomic mass is 16.5. The summed E-state index contributed by atoms with van der Waals surface area (Å²) >= 11 is 0. The van der Waals surface area contributed by atoms with Crippen LogP contribution in [0.15, 0.2) is 73.3 Å². The predicted octanol–water partition coefficient (Wildman–Crippen LogP) is 0.0410. The van der Waals surface area contributed by atoms with Gasteiger partial charge in [0.2, 0.25) is 12.6 Å². The molecule has 0 saturated heterocycles. The summed E-state index contributed by atoms with van der Waals surface area (Å²) in [5, 5.41) is 36.3. The molecular formula is C22H26N2O6+2. The monoisotopic (exact) mass is 414 g/mol. The Morgan fingerprint density at radius 3 is 1.40 bits per heavy atom. The van der Waals surface area contributed by atoms with Crippen LogP contribution in [0.2, 0.25) is 0 Å². The Morgan fingerprint density at radius 1 is 0.633 bits per heavy atom. The second kappa shape index (κ2) is 10.7. The molecule has 0 aliphatic carbocycles. The normalized spacial score (nSPS) is 11.1. The minimum atomic E-state index is -1.40. The molecule has 3 aromatic rings. The lowest BCUT2D eigenvalue weighted by molar-refractivity contribution is -0.710. The van der Waals surface area contributed by atoms with Crippen molar-refractivity contribution in [1.82, 2.24) is 0 Å². The SMILES string of the molecule is OC(O)C[n+]1cccc(COc2ccc(OCc3ccc[n+](CC(O)O)c3)cc2)c1. The Bertz CT molecular complexity index is 854. The van der Waals surface area contributed by atoms with Crippen LogP contribution in [0.1, 0.15) is 11.1 Å². The van der Waals surface area contributed by atoms with E-state index in [1.165, 1.54) is 0 Å². The van der Waals surface area contributed by atoms with Crippen molar-refractivity contribution in [3.05, 3.63) is 84.4 Å². The topological polar surface area (TPSA) is 107 Å². The summed E-state index contributed by atoms with van der Waals surface area (Å²) < 4.78 is 14.9. The smallest absolute Gasteiger partial charge is 0.212 e. The van der Waals surface area contributed by atoms with Crippen LogP contribution >= 0.6 is 0 Å². The molecule has 158 valence electrons. The molecule has 4 N–H and O–H groups in total. The van der Waals surface area contributed by atoms with E-state index in [-0.39, 0.29) is 13.1 Å². The quantitative estimate of drug-likeness (QED) is 0.276. The number of nitrogens with zero attached hydrogens (tertiary/aromatic N) is 2. The number of ether oxygens (including phenoxy) is 2. The van der Waals surface area contributed by atoms with E-state index in [4.69, 9.17) is 29.9 Å². The molecule has 8 nitrogen and oxygen atoms in total. The van der Waals surface area contributed by atoms with Gasteiger partial charge in [0.15, 0.2) is 37.9 Å². The summed E-state index contributed by atoms with van der Waals surface area (Å²) in [6.45, 7) is 0.899. The van der Waals surface area contributed by atoms with Crippen LogP contribution < -0.4 is 18.6 Å². The fourth-order valence-corrected chi connectivity index (χ4v) is 2.89. The highest BCUT2D eigenvalue weighted by Gasteiger charge is 2.09. The van der Waals surface area contributed by atoms with Crippen molar-refractivity contribution in [3.8, 4) is 11.5 Å². The third kappa shape index (κ3) is 7.09. The van der Waals surface area contributed by atoms with Gasteiger partial charge in [-0.25, -0.2) is 0 Å². The highest BCUT2D eigenvalue weighted by Crippen LogP contribution is 2.19. The summed E-state index contributed by atoms with van der Waals surface area (Å²) in [6.07, 6.45) is 4.32. The van der Waals surface area contributed by atoms with Crippen LogP contribution in [-0.2, 0) is 26.3 Å². The standard InChI is InChI=1S/C22H26N2O6/c25-21(26)13-23-9-1-3-17(11-23)15-29-19-5-7-20(8-6-19)30-16-18-4-2-10-24(12-18)14-22(27)28/h1-12,21-22,25-28H,13-16H2/q+2. The molecule has 0 unspecified atom stereocenters. The first-order chi connectivity index (χ1) is 14.5. The second-order valence-electron chi connectivity index (χ2n) is 6.83.